The second-order valence-corrected chi connectivity index (χ2v) is 5.63. The van der Waals surface area contributed by atoms with Crippen molar-refractivity contribution in [2.45, 2.75) is 6.42 Å². The minimum absolute atomic E-state index is 0.151. The van der Waals surface area contributed by atoms with Gasteiger partial charge in [-0.25, -0.2) is 4.39 Å². The predicted molar refractivity (Wildman–Crippen MR) is 95.3 cm³/mol. The zero-order valence-electron chi connectivity index (χ0n) is 14.9. The smallest absolute Gasteiger partial charge is 0.316 e. The zero-order chi connectivity index (χ0) is 19.2. The molecule has 0 bridgehead atoms. The van der Waals surface area contributed by atoms with Crippen LogP contribution in [0.25, 0.3) is 11.4 Å². The summed E-state index contributed by atoms with van der Waals surface area (Å²) >= 11 is 0. The highest BCUT2D eigenvalue weighted by Gasteiger charge is 2.16. The molecular formula is C19H18FN3O4. The second kappa shape index (κ2) is 8.31. The first-order chi connectivity index (χ1) is 13.1. The number of nitrogens with one attached hydrogen (secondary N) is 1. The number of carbonyl (C=O) groups is 1. The summed E-state index contributed by atoms with van der Waals surface area (Å²) in [6.07, 6.45) is 0.588. The summed E-state index contributed by atoms with van der Waals surface area (Å²) in [5.41, 5.74) is 1.54. The maximum Gasteiger partial charge on any atom is 0.316 e. The molecule has 0 atom stereocenters. The van der Waals surface area contributed by atoms with E-state index in [0.717, 1.165) is 5.56 Å². The molecule has 1 N–H and O–H groups in total. The van der Waals surface area contributed by atoms with E-state index in [4.69, 9.17) is 14.0 Å². The van der Waals surface area contributed by atoms with Gasteiger partial charge in [-0.2, -0.15) is 4.98 Å². The lowest BCUT2D eigenvalue weighted by atomic mass is 10.1. The molecule has 0 aliphatic carbocycles. The molecule has 0 saturated heterocycles. The Morgan fingerprint density at radius 1 is 1.11 bits per heavy atom. The minimum atomic E-state index is -0.476. The van der Waals surface area contributed by atoms with Crippen molar-refractivity contribution in [2.75, 3.05) is 20.8 Å². The Bertz CT molecular complexity index is 925. The number of methoxy groups -OCH3 is 2. The average Bonchev–Trinajstić information content (AvgIpc) is 3.18. The normalized spacial score (nSPS) is 10.5. The predicted octanol–water partition coefficient (Wildman–Crippen LogP) is 2.87. The van der Waals surface area contributed by atoms with E-state index >= 15 is 0 Å². The molecule has 0 spiro atoms. The molecule has 7 nitrogen and oxygen atoms in total. The van der Waals surface area contributed by atoms with Crippen molar-refractivity contribution in [1.29, 1.82) is 0 Å². The van der Waals surface area contributed by atoms with Crippen LogP contribution in [0.5, 0.6) is 11.5 Å². The molecule has 1 amide bonds. The van der Waals surface area contributed by atoms with Crippen molar-refractivity contribution in [3.8, 4) is 22.9 Å². The van der Waals surface area contributed by atoms with Crippen molar-refractivity contribution in [3.63, 3.8) is 0 Å². The van der Waals surface area contributed by atoms with Crippen molar-refractivity contribution >= 4 is 5.91 Å². The van der Waals surface area contributed by atoms with Crippen LogP contribution in [-0.2, 0) is 6.42 Å². The monoisotopic (exact) mass is 371 g/mol. The molecule has 0 unspecified atom stereocenters. The molecular weight excluding hydrogens is 353 g/mol. The number of hydrogen-bond donors (Lipinski definition) is 1. The summed E-state index contributed by atoms with van der Waals surface area (Å²) < 4.78 is 28.4. The van der Waals surface area contributed by atoms with Crippen molar-refractivity contribution in [3.05, 3.63) is 59.7 Å². The molecule has 1 heterocycles. The number of amides is 1. The summed E-state index contributed by atoms with van der Waals surface area (Å²) in [5.74, 6) is 0.500. The largest absolute Gasteiger partial charge is 0.493 e. The molecule has 3 rings (SSSR count). The first kappa shape index (κ1) is 18.4. The van der Waals surface area contributed by atoms with E-state index in [1.165, 1.54) is 24.3 Å². The molecule has 27 heavy (non-hydrogen) atoms. The van der Waals surface area contributed by atoms with Crippen LogP contribution in [0.4, 0.5) is 4.39 Å². The lowest BCUT2D eigenvalue weighted by Crippen LogP contribution is -2.26. The standard InChI is InChI=1S/C19H18FN3O4/c1-25-15-8-3-12(11-16(15)26-2)9-10-21-18(24)19-22-17(23-27-19)13-4-6-14(20)7-5-13/h3-8,11H,9-10H2,1-2H3,(H,21,24). The molecule has 8 heteroatoms. The highest BCUT2D eigenvalue weighted by atomic mass is 19.1. The molecule has 0 aliphatic rings. The van der Waals surface area contributed by atoms with Crippen LogP contribution >= 0.6 is 0 Å². The molecule has 3 aromatic rings. The number of halogens is 1. The molecule has 0 fully saturated rings. The third kappa shape index (κ3) is 4.41. The quantitative estimate of drug-likeness (QED) is 0.687. The fourth-order valence-electron chi connectivity index (χ4n) is 2.46. The molecule has 0 radical (unpaired) electrons. The SMILES string of the molecule is COc1ccc(CCNC(=O)c2nc(-c3ccc(F)cc3)no2)cc1OC. The van der Waals surface area contributed by atoms with E-state index in [1.54, 1.807) is 14.2 Å². The van der Waals surface area contributed by atoms with Crippen LogP contribution < -0.4 is 14.8 Å². The lowest BCUT2D eigenvalue weighted by Gasteiger charge is -2.09. The first-order valence-electron chi connectivity index (χ1n) is 8.19. The maximum absolute atomic E-state index is 13.0. The van der Waals surface area contributed by atoms with Crippen LogP contribution in [0.3, 0.4) is 0 Å². The fourth-order valence-corrected chi connectivity index (χ4v) is 2.46. The summed E-state index contributed by atoms with van der Waals surface area (Å²) in [4.78, 5) is 16.2. The topological polar surface area (TPSA) is 86.5 Å². The van der Waals surface area contributed by atoms with E-state index in [-0.39, 0.29) is 17.5 Å². The summed E-state index contributed by atoms with van der Waals surface area (Å²) in [6.45, 7) is 0.378. The third-order valence-electron chi connectivity index (χ3n) is 3.87. The van der Waals surface area contributed by atoms with E-state index in [9.17, 15) is 9.18 Å². The van der Waals surface area contributed by atoms with Crippen LogP contribution in [0.15, 0.2) is 47.0 Å². The Morgan fingerprint density at radius 3 is 2.56 bits per heavy atom. The molecule has 0 aliphatic heterocycles. The van der Waals surface area contributed by atoms with Gasteiger partial charge >= 0.3 is 11.8 Å². The van der Waals surface area contributed by atoms with Crippen LogP contribution in [0.2, 0.25) is 0 Å². The van der Waals surface area contributed by atoms with Gasteiger partial charge in [0.05, 0.1) is 14.2 Å². The Balaban J connectivity index is 1.58. The van der Waals surface area contributed by atoms with E-state index in [2.05, 4.69) is 15.5 Å². The van der Waals surface area contributed by atoms with Crippen molar-refractivity contribution < 1.29 is 23.2 Å². The molecule has 0 saturated carbocycles. The van der Waals surface area contributed by atoms with Crippen molar-refractivity contribution in [1.82, 2.24) is 15.5 Å². The maximum atomic E-state index is 13.0. The number of rotatable bonds is 7. The Morgan fingerprint density at radius 2 is 1.85 bits per heavy atom. The van der Waals surface area contributed by atoms with Gasteiger partial charge in [0, 0.05) is 12.1 Å². The summed E-state index contributed by atoms with van der Waals surface area (Å²) in [6, 6.07) is 11.2. The Hall–Kier alpha value is -3.42. The average molecular weight is 371 g/mol. The van der Waals surface area contributed by atoms with Gasteiger partial charge in [-0.15, -0.1) is 0 Å². The Labute approximate surface area is 155 Å². The van der Waals surface area contributed by atoms with Crippen LogP contribution in [0.1, 0.15) is 16.2 Å². The fraction of sp³-hybridized carbons (Fsp3) is 0.211. The van der Waals surface area contributed by atoms with Crippen molar-refractivity contribution in [2.24, 2.45) is 0 Å². The van der Waals surface area contributed by atoms with Gasteiger partial charge in [-0.1, -0.05) is 11.2 Å². The van der Waals surface area contributed by atoms with E-state index in [0.29, 0.717) is 30.0 Å². The third-order valence-corrected chi connectivity index (χ3v) is 3.87. The van der Waals surface area contributed by atoms with Crippen LogP contribution in [0, 0.1) is 5.82 Å². The zero-order valence-corrected chi connectivity index (χ0v) is 14.9. The van der Waals surface area contributed by atoms with E-state index < -0.39 is 5.91 Å². The second-order valence-electron chi connectivity index (χ2n) is 5.63. The van der Waals surface area contributed by atoms with E-state index in [1.807, 2.05) is 18.2 Å². The molecule has 140 valence electrons. The first-order valence-corrected chi connectivity index (χ1v) is 8.19. The highest BCUT2D eigenvalue weighted by Crippen LogP contribution is 2.27. The van der Waals surface area contributed by atoms with Gasteiger partial charge in [0.1, 0.15) is 5.82 Å². The van der Waals surface area contributed by atoms with Gasteiger partial charge in [0.2, 0.25) is 5.82 Å². The number of carbonyl (C=O) groups excluding carboxylic acids is 1. The van der Waals surface area contributed by atoms with Gasteiger partial charge in [-0.3, -0.25) is 4.79 Å². The summed E-state index contributed by atoms with van der Waals surface area (Å²) in [7, 11) is 3.14. The van der Waals surface area contributed by atoms with Gasteiger partial charge in [0.25, 0.3) is 0 Å². The van der Waals surface area contributed by atoms with Gasteiger partial charge < -0.3 is 19.3 Å². The molecule has 1 aromatic heterocycles. The molecule has 2 aromatic carbocycles. The van der Waals surface area contributed by atoms with Gasteiger partial charge in [0.15, 0.2) is 11.5 Å². The summed E-state index contributed by atoms with van der Waals surface area (Å²) in [5, 5.41) is 6.47. The lowest BCUT2D eigenvalue weighted by molar-refractivity contribution is 0.0910. The highest BCUT2D eigenvalue weighted by molar-refractivity contribution is 5.89. The number of nitrogens with zero attached hydrogens (tertiary/aromatic N) is 2. The number of hydrogen-bond acceptors (Lipinski definition) is 6. The Kier molecular flexibility index (Phi) is 5.65. The number of benzene rings is 2. The number of ether oxygens (including phenoxy) is 2. The van der Waals surface area contributed by atoms with Crippen LogP contribution in [-0.4, -0.2) is 36.8 Å². The number of aromatic nitrogens is 2. The minimum Gasteiger partial charge on any atom is -0.493 e. The van der Waals surface area contributed by atoms with Gasteiger partial charge in [-0.05, 0) is 48.4 Å².